The second-order valence-electron chi connectivity index (χ2n) is 7.17. The summed E-state index contributed by atoms with van der Waals surface area (Å²) < 4.78 is 60.1. The largest absolute Gasteiger partial charge is 0.573 e. The fourth-order valence-electron chi connectivity index (χ4n) is 2.59. The molecule has 1 aromatic rings. The molecule has 2 rings (SSSR count). The van der Waals surface area contributed by atoms with Crippen LogP contribution in [0.25, 0.3) is 0 Å². The van der Waals surface area contributed by atoms with Crippen LogP contribution < -0.4 is 4.74 Å². The van der Waals surface area contributed by atoms with Gasteiger partial charge in [-0.2, -0.15) is 0 Å². The summed E-state index contributed by atoms with van der Waals surface area (Å²) in [5, 5.41) is 9.66. The molecule has 0 radical (unpaired) electrons. The van der Waals surface area contributed by atoms with Crippen LogP contribution >= 0.6 is 0 Å². The molecule has 1 aliphatic heterocycles. The van der Waals surface area contributed by atoms with Gasteiger partial charge < -0.3 is 19.5 Å². The number of halogens is 3. The molecule has 0 aromatic heterocycles. The summed E-state index contributed by atoms with van der Waals surface area (Å²) in [6.45, 7) is 5.45. The van der Waals surface area contributed by atoms with Gasteiger partial charge in [-0.1, -0.05) is 0 Å². The number of carbonyl (C=O) groups excluding carboxylic acids is 1. The van der Waals surface area contributed by atoms with Crippen molar-refractivity contribution in [2.24, 2.45) is 0 Å². The number of aliphatic hydroxyl groups is 1. The van der Waals surface area contributed by atoms with Crippen LogP contribution in [0, 0.1) is 0 Å². The van der Waals surface area contributed by atoms with Gasteiger partial charge in [0.2, 0.25) is 0 Å². The molecule has 28 heavy (non-hydrogen) atoms. The fraction of sp³-hybridized carbons (Fsp3) is 0.588. The van der Waals surface area contributed by atoms with Gasteiger partial charge in [0, 0.05) is 19.6 Å². The number of piperazine rings is 1. The lowest BCUT2D eigenvalue weighted by Gasteiger charge is -2.39. The van der Waals surface area contributed by atoms with Gasteiger partial charge in [0.15, 0.2) is 0 Å². The quantitative estimate of drug-likeness (QED) is 0.804. The number of alkyl halides is 3. The molecule has 1 N–H and O–H groups in total. The van der Waals surface area contributed by atoms with Crippen molar-refractivity contribution >= 4 is 17.1 Å². The van der Waals surface area contributed by atoms with Crippen molar-refractivity contribution in [2.75, 3.05) is 26.2 Å². The topological polar surface area (TPSA) is 79.3 Å². The van der Waals surface area contributed by atoms with Gasteiger partial charge in [-0.3, -0.25) is 0 Å². The third-order valence-electron chi connectivity index (χ3n) is 3.76. The van der Waals surface area contributed by atoms with E-state index >= 15 is 0 Å². The molecule has 1 unspecified atom stereocenters. The van der Waals surface area contributed by atoms with E-state index in [1.54, 1.807) is 20.8 Å². The number of aliphatic hydroxyl groups excluding tert-OH is 1. The Balaban J connectivity index is 2.05. The van der Waals surface area contributed by atoms with Gasteiger partial charge in [-0.15, -0.1) is 13.2 Å². The summed E-state index contributed by atoms with van der Waals surface area (Å²) in [6.07, 6.45) is -5.33. The average molecular weight is 424 g/mol. The first-order valence-electron chi connectivity index (χ1n) is 8.53. The zero-order valence-electron chi connectivity index (χ0n) is 15.7. The van der Waals surface area contributed by atoms with E-state index in [2.05, 4.69) is 4.74 Å². The van der Waals surface area contributed by atoms with Crippen LogP contribution in [0.15, 0.2) is 29.2 Å². The molecule has 7 nitrogen and oxygen atoms in total. The van der Waals surface area contributed by atoms with Crippen LogP contribution in [0.3, 0.4) is 0 Å². The zero-order chi connectivity index (χ0) is 21.1. The predicted octanol–water partition coefficient (Wildman–Crippen LogP) is 2.52. The molecule has 1 saturated heterocycles. The van der Waals surface area contributed by atoms with E-state index in [9.17, 15) is 27.3 Å². The Kier molecular flexibility index (Phi) is 6.94. The van der Waals surface area contributed by atoms with Crippen molar-refractivity contribution in [3.8, 4) is 5.75 Å². The van der Waals surface area contributed by atoms with Gasteiger partial charge in [0.05, 0.1) is 17.5 Å². The van der Waals surface area contributed by atoms with Crippen LogP contribution in [-0.2, 0) is 15.7 Å². The van der Waals surface area contributed by atoms with Gasteiger partial charge >= 0.3 is 12.5 Å². The second-order valence-corrected chi connectivity index (χ2v) is 8.61. The molecule has 0 spiro atoms. The maximum Gasteiger partial charge on any atom is 0.573 e. The number of rotatable bonds is 4. The number of amides is 1. The first kappa shape index (κ1) is 22.4. The van der Waals surface area contributed by atoms with Crippen LogP contribution in [-0.4, -0.2) is 68.9 Å². The smallest absolute Gasteiger partial charge is 0.444 e. The van der Waals surface area contributed by atoms with Crippen molar-refractivity contribution in [1.29, 1.82) is 0 Å². The van der Waals surface area contributed by atoms with Crippen LogP contribution in [0.1, 0.15) is 20.8 Å². The zero-order valence-corrected chi connectivity index (χ0v) is 16.5. The Morgan fingerprint density at radius 1 is 1.21 bits per heavy atom. The summed E-state index contributed by atoms with van der Waals surface area (Å²) in [4.78, 5) is 13.9. The standard InChI is InChI=1S/C17H23F3N2O5S/c1-16(2,3)27-15(24)21-8-9-22(12(10-21)11-23)28(25)14-6-4-13(5-7-14)26-17(18,19)20/h4-7,12,23H,8-11H2,1-3H3/t12-,28?/m1/s1. The molecule has 1 aromatic carbocycles. The molecule has 11 heteroatoms. The first-order chi connectivity index (χ1) is 12.9. The van der Waals surface area contributed by atoms with Gasteiger partial charge in [-0.05, 0) is 45.0 Å². The minimum absolute atomic E-state index is 0.117. The Labute approximate surface area is 163 Å². The van der Waals surface area contributed by atoms with E-state index in [-0.39, 0.29) is 31.1 Å². The molecule has 158 valence electrons. The minimum Gasteiger partial charge on any atom is -0.444 e. The SMILES string of the molecule is CC(C)(C)OC(=O)N1CCN(S(=O)c2ccc(OC(F)(F)F)cc2)[C@@H](CO)C1. The molecule has 2 atom stereocenters. The highest BCUT2D eigenvalue weighted by molar-refractivity contribution is 7.82. The summed E-state index contributed by atoms with van der Waals surface area (Å²) in [5.74, 6) is -0.415. The molecule has 1 fully saturated rings. The highest BCUT2D eigenvalue weighted by Gasteiger charge is 2.35. The molecular formula is C17H23F3N2O5S. The van der Waals surface area contributed by atoms with Crippen molar-refractivity contribution < 1.29 is 36.8 Å². The molecule has 1 amide bonds. The van der Waals surface area contributed by atoms with E-state index in [1.165, 1.54) is 21.3 Å². The molecule has 1 heterocycles. The number of carbonyl (C=O) groups is 1. The van der Waals surface area contributed by atoms with E-state index in [0.29, 0.717) is 0 Å². The number of nitrogens with zero attached hydrogens (tertiary/aromatic N) is 2. The van der Waals surface area contributed by atoms with Crippen LogP contribution in [0.5, 0.6) is 5.75 Å². The van der Waals surface area contributed by atoms with Crippen molar-refractivity contribution in [3.05, 3.63) is 24.3 Å². The van der Waals surface area contributed by atoms with Crippen LogP contribution in [0.4, 0.5) is 18.0 Å². The predicted molar refractivity (Wildman–Crippen MR) is 94.9 cm³/mol. The first-order valence-corrected chi connectivity index (χ1v) is 9.63. The van der Waals surface area contributed by atoms with Crippen molar-refractivity contribution in [3.63, 3.8) is 0 Å². The molecule has 1 aliphatic rings. The van der Waals surface area contributed by atoms with Crippen LogP contribution in [0.2, 0.25) is 0 Å². The fourth-order valence-corrected chi connectivity index (χ4v) is 3.88. The van der Waals surface area contributed by atoms with Gasteiger partial charge in [0.1, 0.15) is 22.3 Å². The summed E-state index contributed by atoms with van der Waals surface area (Å²) in [6, 6.07) is 4.09. The lowest BCUT2D eigenvalue weighted by molar-refractivity contribution is -0.274. The summed E-state index contributed by atoms with van der Waals surface area (Å²) in [5.41, 5.74) is -0.661. The van der Waals surface area contributed by atoms with Crippen molar-refractivity contribution in [1.82, 2.24) is 9.21 Å². The second kappa shape index (κ2) is 8.66. The van der Waals surface area contributed by atoms with Gasteiger partial charge in [-0.25, -0.2) is 13.3 Å². The highest BCUT2D eigenvalue weighted by atomic mass is 32.2. The Morgan fingerprint density at radius 2 is 1.82 bits per heavy atom. The molecular weight excluding hydrogens is 401 g/mol. The normalized spacial score (nSPS) is 20.0. The lowest BCUT2D eigenvalue weighted by atomic mass is 10.2. The number of hydrogen-bond donors (Lipinski definition) is 1. The Morgan fingerprint density at radius 3 is 2.32 bits per heavy atom. The lowest BCUT2D eigenvalue weighted by Crippen LogP contribution is -2.57. The maximum absolute atomic E-state index is 12.8. The Bertz CT molecular complexity index is 706. The number of ether oxygens (including phenoxy) is 2. The third-order valence-corrected chi connectivity index (χ3v) is 5.35. The maximum atomic E-state index is 12.8. The van der Waals surface area contributed by atoms with E-state index in [0.717, 1.165) is 12.1 Å². The summed E-state index contributed by atoms with van der Waals surface area (Å²) in [7, 11) is -1.72. The monoisotopic (exact) mass is 424 g/mol. The average Bonchev–Trinajstić information content (AvgIpc) is 2.58. The highest BCUT2D eigenvalue weighted by Crippen LogP contribution is 2.25. The minimum atomic E-state index is -4.80. The number of benzene rings is 1. The third kappa shape index (κ3) is 6.35. The van der Waals surface area contributed by atoms with E-state index in [4.69, 9.17) is 4.74 Å². The Hall–Kier alpha value is -1.85. The number of hydrogen-bond acceptors (Lipinski definition) is 5. The van der Waals surface area contributed by atoms with E-state index < -0.39 is 40.8 Å². The molecule has 0 bridgehead atoms. The van der Waals surface area contributed by atoms with E-state index in [1.807, 2.05) is 0 Å². The molecule has 0 saturated carbocycles. The summed E-state index contributed by atoms with van der Waals surface area (Å²) >= 11 is 0. The molecule has 0 aliphatic carbocycles. The van der Waals surface area contributed by atoms with Gasteiger partial charge in [0.25, 0.3) is 0 Å². The van der Waals surface area contributed by atoms with Crippen molar-refractivity contribution in [2.45, 2.75) is 43.7 Å².